The second kappa shape index (κ2) is 7.46. The molecule has 3 aliphatic rings. The van der Waals surface area contributed by atoms with Gasteiger partial charge < -0.3 is 11.1 Å². The molecule has 0 bridgehead atoms. The van der Waals surface area contributed by atoms with Crippen molar-refractivity contribution in [3.8, 4) is 0 Å². The number of hydrogen-bond donors (Lipinski definition) is 2. The van der Waals surface area contributed by atoms with E-state index in [0.717, 1.165) is 11.3 Å². The molecule has 31 heavy (non-hydrogen) atoms. The van der Waals surface area contributed by atoms with Crippen LogP contribution in [-0.2, 0) is 15.4 Å². The Kier molecular flexibility index (Phi) is 5.30. The van der Waals surface area contributed by atoms with E-state index in [1.807, 2.05) is 35.7 Å². The zero-order chi connectivity index (χ0) is 22.6. The Bertz CT molecular complexity index is 1150. The Morgan fingerprint density at radius 3 is 2.84 bits per heavy atom. The summed E-state index contributed by atoms with van der Waals surface area (Å²) in [5.41, 5.74) is 4.87. The summed E-state index contributed by atoms with van der Waals surface area (Å²) < 4.78 is 24.4. The third-order valence-corrected chi connectivity index (χ3v) is 10.4. The fourth-order valence-electron chi connectivity index (χ4n) is 3.79. The minimum atomic E-state index is -3.57. The number of fused-ring (bicyclic) bond motifs is 1. The van der Waals surface area contributed by atoms with Crippen LogP contribution in [0.2, 0.25) is 5.02 Å². The number of nitrogens with one attached hydrogen (secondary N) is 1. The average molecular weight is 482 g/mol. The number of amides is 1. The minimum absolute atomic E-state index is 0.0383. The summed E-state index contributed by atoms with van der Waals surface area (Å²) in [5, 5.41) is 9.41. The van der Waals surface area contributed by atoms with Crippen molar-refractivity contribution in [1.82, 2.24) is 10.3 Å². The molecular formula is C20H24ClN5O3S2. The maximum atomic E-state index is 12.8. The summed E-state index contributed by atoms with van der Waals surface area (Å²) in [4.78, 5) is 18.2. The van der Waals surface area contributed by atoms with Gasteiger partial charge in [0.15, 0.2) is 9.84 Å². The first-order valence-electron chi connectivity index (χ1n) is 9.78. The molecular weight excluding hydrogens is 458 g/mol. The first-order valence-corrected chi connectivity index (χ1v) is 12.6. The lowest BCUT2D eigenvalue weighted by molar-refractivity contribution is 0.0952. The van der Waals surface area contributed by atoms with Crippen LogP contribution in [0.3, 0.4) is 0 Å². The van der Waals surface area contributed by atoms with Gasteiger partial charge >= 0.3 is 0 Å². The van der Waals surface area contributed by atoms with Crippen LogP contribution in [0.15, 0.2) is 40.6 Å². The number of hydrazone groups is 1. The van der Waals surface area contributed by atoms with Crippen LogP contribution in [-0.4, -0.2) is 54.5 Å². The molecule has 0 fully saturated rings. The number of amidine groups is 1. The number of carbonyl (C=O) groups is 1. The SMILES string of the molecule is CC1(C)C(N)=N[C@](C)(c2sc(C(=O)NCC3C=NN4C=CC=CC34)cc2Cl)CS1(=O)=O. The van der Waals surface area contributed by atoms with Gasteiger partial charge in [-0.05, 0) is 32.9 Å². The van der Waals surface area contributed by atoms with E-state index in [4.69, 9.17) is 17.3 Å². The van der Waals surface area contributed by atoms with E-state index in [2.05, 4.69) is 15.4 Å². The number of rotatable bonds is 4. The van der Waals surface area contributed by atoms with Crippen molar-refractivity contribution in [2.45, 2.75) is 37.1 Å². The molecule has 2 unspecified atom stereocenters. The summed E-state index contributed by atoms with van der Waals surface area (Å²) in [5.74, 6) is -0.422. The summed E-state index contributed by atoms with van der Waals surface area (Å²) in [6.45, 7) is 5.18. The van der Waals surface area contributed by atoms with Crippen LogP contribution in [0.25, 0.3) is 0 Å². The molecule has 0 radical (unpaired) electrons. The Balaban J connectivity index is 1.52. The van der Waals surface area contributed by atoms with Gasteiger partial charge in [-0.3, -0.25) is 14.8 Å². The molecule has 3 atom stereocenters. The molecule has 0 aliphatic carbocycles. The maximum absolute atomic E-state index is 12.8. The third-order valence-electron chi connectivity index (χ3n) is 5.92. The Morgan fingerprint density at radius 2 is 2.13 bits per heavy atom. The molecule has 8 nitrogen and oxygen atoms in total. The summed E-state index contributed by atoms with van der Waals surface area (Å²) in [6, 6.07) is 1.64. The second-order valence-electron chi connectivity index (χ2n) is 8.56. The fraction of sp³-hybridized carbons (Fsp3) is 0.450. The number of allylic oxidation sites excluding steroid dienone is 2. The summed E-state index contributed by atoms with van der Waals surface area (Å²) in [6.07, 6.45) is 9.62. The standard InChI is InChI=1S/C20H24ClN5O3S2/c1-19(2)18(22)25-20(3,11-31(19,28)29)16-13(21)8-15(30-16)17(27)23-9-12-10-24-26-7-5-4-6-14(12)26/h4-8,10,12,14H,9,11H2,1-3H3,(H2,22,25)(H,23,27)/t12?,14?,20-/m0/s1. The number of sulfone groups is 1. The molecule has 0 saturated carbocycles. The van der Waals surface area contributed by atoms with Gasteiger partial charge in [0.25, 0.3) is 5.91 Å². The lowest BCUT2D eigenvalue weighted by Gasteiger charge is -2.37. The lowest BCUT2D eigenvalue weighted by atomic mass is 10.0. The maximum Gasteiger partial charge on any atom is 0.261 e. The van der Waals surface area contributed by atoms with Crippen LogP contribution in [0.5, 0.6) is 0 Å². The molecule has 0 saturated heterocycles. The fourth-order valence-corrected chi connectivity index (χ4v) is 7.10. The van der Waals surface area contributed by atoms with E-state index < -0.39 is 20.1 Å². The van der Waals surface area contributed by atoms with Crippen molar-refractivity contribution in [2.75, 3.05) is 12.3 Å². The molecule has 11 heteroatoms. The molecule has 4 heterocycles. The predicted octanol–water partition coefficient (Wildman–Crippen LogP) is 2.28. The largest absolute Gasteiger partial charge is 0.386 e. The van der Waals surface area contributed by atoms with Crippen LogP contribution in [0.1, 0.15) is 35.3 Å². The first kappa shape index (κ1) is 22.0. The highest BCUT2D eigenvalue weighted by molar-refractivity contribution is 7.93. The second-order valence-corrected chi connectivity index (χ2v) is 12.6. The van der Waals surface area contributed by atoms with Crippen molar-refractivity contribution in [3.05, 3.63) is 45.3 Å². The molecule has 0 aromatic carbocycles. The predicted molar refractivity (Wildman–Crippen MR) is 124 cm³/mol. The normalized spacial score (nSPS) is 30.2. The van der Waals surface area contributed by atoms with Crippen molar-refractivity contribution in [1.29, 1.82) is 0 Å². The molecule has 4 rings (SSSR count). The Labute approximate surface area is 190 Å². The van der Waals surface area contributed by atoms with Crippen molar-refractivity contribution < 1.29 is 13.2 Å². The number of nitrogens with zero attached hydrogens (tertiary/aromatic N) is 3. The van der Waals surface area contributed by atoms with Crippen LogP contribution in [0, 0.1) is 5.92 Å². The van der Waals surface area contributed by atoms with Gasteiger partial charge in [0.05, 0.1) is 26.6 Å². The van der Waals surface area contributed by atoms with Gasteiger partial charge in [-0.25, -0.2) is 8.42 Å². The molecule has 1 amide bonds. The third kappa shape index (κ3) is 3.70. The number of thiophene rings is 1. The highest BCUT2D eigenvalue weighted by atomic mass is 35.5. The lowest BCUT2D eigenvalue weighted by Crippen LogP contribution is -2.54. The highest BCUT2D eigenvalue weighted by Gasteiger charge is 2.50. The van der Waals surface area contributed by atoms with Crippen molar-refractivity contribution in [2.24, 2.45) is 21.7 Å². The van der Waals surface area contributed by atoms with Gasteiger partial charge in [-0.1, -0.05) is 23.8 Å². The van der Waals surface area contributed by atoms with E-state index in [9.17, 15) is 13.2 Å². The zero-order valence-corrected chi connectivity index (χ0v) is 19.8. The monoisotopic (exact) mass is 481 g/mol. The average Bonchev–Trinajstić information content (AvgIpc) is 3.28. The van der Waals surface area contributed by atoms with E-state index >= 15 is 0 Å². The smallest absolute Gasteiger partial charge is 0.261 e. The van der Waals surface area contributed by atoms with Gasteiger partial charge in [0, 0.05) is 24.9 Å². The quantitative estimate of drug-likeness (QED) is 0.684. The molecule has 3 N–H and O–H groups in total. The van der Waals surface area contributed by atoms with Gasteiger partial charge in [-0.2, -0.15) is 5.10 Å². The topological polar surface area (TPSA) is 117 Å². The van der Waals surface area contributed by atoms with Crippen LogP contribution < -0.4 is 11.1 Å². The molecule has 0 spiro atoms. The van der Waals surface area contributed by atoms with Gasteiger partial charge in [0.2, 0.25) is 0 Å². The van der Waals surface area contributed by atoms with E-state index in [-0.39, 0.29) is 29.5 Å². The van der Waals surface area contributed by atoms with E-state index in [0.29, 0.717) is 21.3 Å². The van der Waals surface area contributed by atoms with Crippen LogP contribution in [0.4, 0.5) is 0 Å². The molecule has 3 aliphatic heterocycles. The number of aliphatic imine (C=N–C) groups is 1. The number of hydrogen-bond acceptors (Lipinski definition) is 8. The molecule has 166 valence electrons. The molecule has 1 aromatic heterocycles. The summed E-state index contributed by atoms with van der Waals surface area (Å²) in [7, 11) is -3.57. The zero-order valence-electron chi connectivity index (χ0n) is 17.4. The van der Waals surface area contributed by atoms with Crippen molar-refractivity contribution in [3.63, 3.8) is 0 Å². The van der Waals surface area contributed by atoms with Crippen LogP contribution >= 0.6 is 22.9 Å². The number of halogens is 1. The number of carbonyl (C=O) groups excluding carboxylic acids is 1. The molecule has 1 aromatic rings. The number of nitrogens with two attached hydrogens (primary N) is 1. The van der Waals surface area contributed by atoms with Crippen molar-refractivity contribution >= 4 is 50.7 Å². The van der Waals surface area contributed by atoms with E-state index in [1.165, 1.54) is 0 Å². The van der Waals surface area contributed by atoms with E-state index in [1.54, 1.807) is 26.8 Å². The Hall–Kier alpha value is -2.17. The minimum Gasteiger partial charge on any atom is -0.386 e. The highest BCUT2D eigenvalue weighted by Crippen LogP contribution is 2.43. The summed E-state index contributed by atoms with van der Waals surface area (Å²) >= 11 is 7.56. The Morgan fingerprint density at radius 1 is 1.39 bits per heavy atom. The first-order chi connectivity index (χ1) is 14.4. The van der Waals surface area contributed by atoms with Gasteiger partial charge in [-0.15, -0.1) is 11.3 Å². The van der Waals surface area contributed by atoms with Gasteiger partial charge in [0.1, 0.15) is 16.1 Å².